The van der Waals surface area contributed by atoms with Crippen LogP contribution in [0, 0.1) is 0 Å². The molecule has 1 aromatic carbocycles. The Morgan fingerprint density at radius 1 is 1.23 bits per heavy atom. The van der Waals surface area contributed by atoms with E-state index in [2.05, 4.69) is 5.32 Å². The molecule has 118 valence electrons. The topological polar surface area (TPSA) is 58.6 Å². The predicted molar refractivity (Wildman–Crippen MR) is 84.7 cm³/mol. The fraction of sp³-hybridized carbons (Fsp3) is 0.529. The number of nitrogens with one attached hydrogen (secondary N) is 1. The van der Waals surface area contributed by atoms with Crippen LogP contribution in [0.3, 0.4) is 0 Å². The molecular formula is C17H22N2O3. The number of nitrogens with zero attached hydrogens (tertiary/aromatic N) is 1. The smallest absolute Gasteiger partial charge is 0.322 e. The fourth-order valence-corrected chi connectivity index (χ4v) is 3.15. The van der Waals surface area contributed by atoms with Gasteiger partial charge in [0.1, 0.15) is 12.4 Å². The highest BCUT2D eigenvalue weighted by atomic mass is 16.5. The number of amides is 2. The average molecular weight is 302 g/mol. The van der Waals surface area contributed by atoms with Crippen LogP contribution < -0.4 is 15.0 Å². The minimum atomic E-state index is -0.0860. The second kappa shape index (κ2) is 6.38. The zero-order valence-corrected chi connectivity index (χ0v) is 12.9. The Bertz CT molecular complexity index is 579. The number of urea groups is 1. The number of ether oxygens (including phenoxy) is 1. The molecule has 1 aliphatic carbocycles. The van der Waals surface area contributed by atoms with E-state index in [0.717, 1.165) is 12.8 Å². The van der Waals surface area contributed by atoms with Crippen molar-refractivity contribution in [3.63, 3.8) is 0 Å². The van der Waals surface area contributed by atoms with Crippen molar-refractivity contribution in [2.45, 2.75) is 45.1 Å². The summed E-state index contributed by atoms with van der Waals surface area (Å²) in [6.07, 6.45) is 5.72. The van der Waals surface area contributed by atoms with Crippen LogP contribution in [0.5, 0.6) is 5.75 Å². The largest absolute Gasteiger partial charge is 0.490 e. The first-order valence-corrected chi connectivity index (χ1v) is 8.01. The Morgan fingerprint density at radius 3 is 2.73 bits per heavy atom. The van der Waals surface area contributed by atoms with Gasteiger partial charge >= 0.3 is 6.03 Å². The van der Waals surface area contributed by atoms with Crippen LogP contribution in [0.25, 0.3) is 0 Å². The first-order chi connectivity index (χ1) is 10.6. The third-order valence-electron chi connectivity index (χ3n) is 4.41. The Balaban J connectivity index is 1.78. The van der Waals surface area contributed by atoms with E-state index in [9.17, 15) is 9.59 Å². The number of fused-ring (bicyclic) bond motifs is 1. The zero-order chi connectivity index (χ0) is 15.5. The third-order valence-corrected chi connectivity index (χ3v) is 4.41. The lowest BCUT2D eigenvalue weighted by atomic mass is 9.96. The highest BCUT2D eigenvalue weighted by Crippen LogP contribution is 2.33. The molecule has 0 aromatic heterocycles. The van der Waals surface area contributed by atoms with Crippen molar-refractivity contribution >= 4 is 17.5 Å². The van der Waals surface area contributed by atoms with Gasteiger partial charge in [-0.2, -0.15) is 0 Å². The second-order valence-corrected chi connectivity index (χ2v) is 6.02. The molecule has 0 saturated heterocycles. The second-order valence-electron chi connectivity index (χ2n) is 6.02. The minimum Gasteiger partial charge on any atom is -0.490 e. The molecule has 1 heterocycles. The van der Waals surface area contributed by atoms with E-state index >= 15 is 0 Å². The van der Waals surface area contributed by atoms with Gasteiger partial charge in [0, 0.05) is 11.6 Å². The number of rotatable bonds is 2. The van der Waals surface area contributed by atoms with Crippen LogP contribution in [-0.2, 0) is 0 Å². The van der Waals surface area contributed by atoms with Crippen LogP contribution in [0.15, 0.2) is 18.2 Å². The quantitative estimate of drug-likeness (QED) is 0.854. The zero-order valence-electron chi connectivity index (χ0n) is 12.9. The Morgan fingerprint density at radius 2 is 2.00 bits per heavy atom. The SMILES string of the molecule is CC(=O)c1ccc2c(c1)N(C(=O)NC1CCCCC1)CCO2. The van der Waals surface area contributed by atoms with Crippen LogP contribution in [-0.4, -0.2) is 31.0 Å². The predicted octanol–water partition coefficient (Wildman–Crippen LogP) is 3.13. The molecule has 22 heavy (non-hydrogen) atoms. The molecule has 3 rings (SSSR count). The van der Waals surface area contributed by atoms with E-state index in [4.69, 9.17) is 4.74 Å². The lowest BCUT2D eigenvalue weighted by molar-refractivity contribution is 0.101. The van der Waals surface area contributed by atoms with Gasteiger partial charge in [-0.05, 0) is 38.0 Å². The highest BCUT2D eigenvalue weighted by molar-refractivity contribution is 5.99. The van der Waals surface area contributed by atoms with E-state index < -0.39 is 0 Å². The van der Waals surface area contributed by atoms with Crippen molar-refractivity contribution in [3.05, 3.63) is 23.8 Å². The third kappa shape index (κ3) is 3.08. The molecule has 5 heteroatoms. The normalized spacial score (nSPS) is 18.3. The summed E-state index contributed by atoms with van der Waals surface area (Å²) in [5.41, 5.74) is 1.28. The molecule has 0 bridgehead atoms. The molecule has 0 spiro atoms. The number of Topliss-reactive ketones (excluding diaryl/α,β-unsaturated/α-hetero) is 1. The molecule has 0 radical (unpaired) electrons. The lowest BCUT2D eigenvalue weighted by Crippen LogP contribution is -2.48. The summed E-state index contributed by atoms with van der Waals surface area (Å²) in [5, 5.41) is 3.12. The van der Waals surface area contributed by atoms with Gasteiger partial charge in [0.15, 0.2) is 5.78 Å². The first kappa shape index (κ1) is 14.9. The molecule has 1 fully saturated rings. The van der Waals surface area contributed by atoms with Gasteiger partial charge in [0.25, 0.3) is 0 Å². The maximum Gasteiger partial charge on any atom is 0.322 e. The van der Waals surface area contributed by atoms with Gasteiger partial charge in [0.05, 0.1) is 12.2 Å². The van der Waals surface area contributed by atoms with Crippen LogP contribution in [0.4, 0.5) is 10.5 Å². The van der Waals surface area contributed by atoms with Crippen LogP contribution in [0.1, 0.15) is 49.4 Å². The van der Waals surface area contributed by atoms with E-state index in [1.807, 2.05) is 0 Å². The van der Waals surface area contributed by atoms with Gasteiger partial charge in [-0.3, -0.25) is 9.69 Å². The molecule has 2 amide bonds. The number of carbonyl (C=O) groups excluding carboxylic acids is 2. The van der Waals surface area contributed by atoms with Crippen molar-refractivity contribution in [1.82, 2.24) is 5.32 Å². The number of carbonyl (C=O) groups is 2. The molecule has 1 aromatic rings. The van der Waals surface area contributed by atoms with Gasteiger partial charge < -0.3 is 10.1 Å². The van der Waals surface area contributed by atoms with Crippen molar-refractivity contribution in [3.8, 4) is 5.75 Å². The molecular weight excluding hydrogens is 280 g/mol. The van der Waals surface area contributed by atoms with Crippen LogP contribution >= 0.6 is 0 Å². The van der Waals surface area contributed by atoms with Crippen molar-refractivity contribution in [2.75, 3.05) is 18.1 Å². The number of benzene rings is 1. The molecule has 5 nitrogen and oxygen atoms in total. The Hall–Kier alpha value is -2.04. The van der Waals surface area contributed by atoms with E-state index in [0.29, 0.717) is 30.2 Å². The monoisotopic (exact) mass is 302 g/mol. The molecule has 0 atom stereocenters. The maximum atomic E-state index is 12.6. The van der Waals surface area contributed by atoms with Crippen molar-refractivity contribution in [1.29, 1.82) is 0 Å². The summed E-state index contributed by atoms with van der Waals surface area (Å²) < 4.78 is 5.60. The van der Waals surface area contributed by atoms with Crippen molar-refractivity contribution < 1.29 is 14.3 Å². The van der Waals surface area contributed by atoms with E-state index in [1.54, 1.807) is 23.1 Å². The lowest BCUT2D eigenvalue weighted by Gasteiger charge is -2.32. The molecule has 0 unspecified atom stereocenters. The first-order valence-electron chi connectivity index (χ1n) is 8.01. The molecule has 1 aliphatic heterocycles. The standard InChI is InChI=1S/C17H22N2O3/c1-12(20)13-7-8-16-15(11-13)19(9-10-22-16)17(21)18-14-5-3-2-4-6-14/h7-8,11,14H,2-6,9-10H2,1H3,(H,18,21). The Kier molecular flexibility index (Phi) is 4.32. The maximum absolute atomic E-state index is 12.6. The van der Waals surface area contributed by atoms with Crippen molar-refractivity contribution in [2.24, 2.45) is 0 Å². The summed E-state index contributed by atoms with van der Waals surface area (Å²) in [7, 11) is 0. The van der Waals surface area contributed by atoms with E-state index in [1.165, 1.54) is 26.2 Å². The summed E-state index contributed by atoms with van der Waals surface area (Å²) >= 11 is 0. The number of hydrogen-bond donors (Lipinski definition) is 1. The van der Waals surface area contributed by atoms with E-state index in [-0.39, 0.29) is 17.9 Å². The van der Waals surface area contributed by atoms with Crippen LogP contribution in [0.2, 0.25) is 0 Å². The number of anilines is 1. The fourth-order valence-electron chi connectivity index (χ4n) is 3.15. The molecule has 1 N–H and O–H groups in total. The van der Waals surface area contributed by atoms with Gasteiger partial charge in [-0.25, -0.2) is 4.79 Å². The number of ketones is 1. The average Bonchev–Trinajstić information content (AvgIpc) is 2.54. The van der Waals surface area contributed by atoms with Gasteiger partial charge in [0.2, 0.25) is 0 Å². The minimum absolute atomic E-state index is 0.0130. The molecule has 1 saturated carbocycles. The summed E-state index contributed by atoms with van der Waals surface area (Å²) in [5.74, 6) is 0.649. The molecule has 2 aliphatic rings. The highest BCUT2D eigenvalue weighted by Gasteiger charge is 2.26. The summed E-state index contributed by atoms with van der Waals surface area (Å²) in [4.78, 5) is 25.8. The Labute approximate surface area is 130 Å². The summed E-state index contributed by atoms with van der Waals surface area (Å²) in [6.45, 7) is 2.51. The number of hydrogen-bond acceptors (Lipinski definition) is 3. The summed E-state index contributed by atoms with van der Waals surface area (Å²) in [6, 6.07) is 5.44. The van der Waals surface area contributed by atoms with Gasteiger partial charge in [-0.15, -0.1) is 0 Å². The van der Waals surface area contributed by atoms with Gasteiger partial charge in [-0.1, -0.05) is 19.3 Å².